The molecule has 0 unspecified atom stereocenters. The van der Waals surface area contributed by atoms with Gasteiger partial charge in [-0.15, -0.1) is 12.4 Å². The molecule has 1 amide bonds. The molecule has 1 aliphatic heterocycles. The number of nitrogens with zero attached hydrogens (tertiary/aromatic N) is 1. The van der Waals surface area contributed by atoms with E-state index in [0.29, 0.717) is 18.0 Å². The van der Waals surface area contributed by atoms with Crippen LogP contribution in [-0.4, -0.2) is 35.5 Å². The molecular formula is C13H19ClN2O2. The van der Waals surface area contributed by atoms with E-state index in [2.05, 4.69) is 0 Å². The first kappa shape index (κ1) is 14.8. The third-order valence-electron chi connectivity index (χ3n) is 3.37. The number of amides is 1. The summed E-state index contributed by atoms with van der Waals surface area (Å²) in [6.45, 7) is 2.16. The number of hydrogen-bond acceptors (Lipinski definition) is 3. The summed E-state index contributed by atoms with van der Waals surface area (Å²) in [5.41, 5.74) is 6.00. The molecule has 0 saturated carbocycles. The van der Waals surface area contributed by atoms with E-state index in [1.54, 1.807) is 29.2 Å². The molecule has 1 aromatic carbocycles. The number of rotatable bonds is 2. The van der Waals surface area contributed by atoms with Crippen LogP contribution in [-0.2, 0) is 0 Å². The van der Waals surface area contributed by atoms with Gasteiger partial charge in [0.1, 0.15) is 5.75 Å². The lowest BCUT2D eigenvalue weighted by Gasteiger charge is -2.31. The van der Waals surface area contributed by atoms with E-state index in [4.69, 9.17) is 5.73 Å². The lowest BCUT2D eigenvalue weighted by atomic mass is 9.96. The average Bonchev–Trinajstić information content (AvgIpc) is 2.39. The van der Waals surface area contributed by atoms with Crippen molar-refractivity contribution >= 4 is 18.3 Å². The number of benzene rings is 1. The quantitative estimate of drug-likeness (QED) is 0.858. The molecule has 0 atom stereocenters. The Morgan fingerprint density at radius 2 is 1.94 bits per heavy atom. The Balaban J connectivity index is 0.00000162. The molecular weight excluding hydrogens is 252 g/mol. The van der Waals surface area contributed by atoms with Crippen molar-refractivity contribution in [3.05, 3.63) is 29.8 Å². The molecule has 0 spiro atoms. The number of aromatic hydroxyl groups is 1. The van der Waals surface area contributed by atoms with Crippen LogP contribution in [0.2, 0.25) is 0 Å². The summed E-state index contributed by atoms with van der Waals surface area (Å²) in [5, 5.41) is 9.64. The van der Waals surface area contributed by atoms with Crippen molar-refractivity contribution in [1.82, 2.24) is 4.90 Å². The van der Waals surface area contributed by atoms with E-state index in [1.807, 2.05) is 0 Å². The Bertz CT molecular complexity index is 404. The van der Waals surface area contributed by atoms with E-state index < -0.39 is 0 Å². The van der Waals surface area contributed by atoms with E-state index in [1.165, 1.54) is 0 Å². The van der Waals surface area contributed by atoms with Crippen LogP contribution in [0.4, 0.5) is 0 Å². The van der Waals surface area contributed by atoms with Crippen LogP contribution in [0, 0.1) is 5.92 Å². The van der Waals surface area contributed by atoms with Crippen LogP contribution >= 0.6 is 12.4 Å². The number of piperidine rings is 1. The zero-order chi connectivity index (χ0) is 12.3. The minimum atomic E-state index is -0.0847. The Morgan fingerprint density at radius 1 is 1.33 bits per heavy atom. The molecule has 0 aromatic heterocycles. The van der Waals surface area contributed by atoms with Gasteiger partial charge in [-0.2, -0.15) is 0 Å². The molecule has 4 nitrogen and oxygen atoms in total. The highest BCUT2D eigenvalue weighted by molar-refractivity contribution is 5.96. The SMILES string of the molecule is Cl.NCC1CCN(C(=O)c2ccccc2O)CC1. The summed E-state index contributed by atoms with van der Waals surface area (Å²) < 4.78 is 0. The maximum atomic E-state index is 12.2. The van der Waals surface area contributed by atoms with Gasteiger partial charge in [0.2, 0.25) is 0 Å². The first-order valence-electron chi connectivity index (χ1n) is 5.99. The molecule has 0 radical (unpaired) electrons. The zero-order valence-electron chi connectivity index (χ0n) is 10.2. The van der Waals surface area contributed by atoms with Crippen molar-refractivity contribution in [3.63, 3.8) is 0 Å². The normalized spacial score (nSPS) is 16.2. The largest absolute Gasteiger partial charge is 0.507 e. The van der Waals surface area contributed by atoms with E-state index >= 15 is 0 Å². The number of phenols is 1. The standard InChI is InChI=1S/C13H18N2O2.ClH/c14-9-10-5-7-15(8-6-10)13(17)11-3-1-2-4-12(11)16;/h1-4,10,16H,5-9,14H2;1H. The minimum absolute atomic E-state index is 0. The fraction of sp³-hybridized carbons (Fsp3) is 0.462. The summed E-state index contributed by atoms with van der Waals surface area (Å²) in [7, 11) is 0. The molecule has 0 aliphatic carbocycles. The number of para-hydroxylation sites is 1. The molecule has 5 heteroatoms. The summed E-state index contributed by atoms with van der Waals surface area (Å²) >= 11 is 0. The van der Waals surface area contributed by atoms with Crippen molar-refractivity contribution in [3.8, 4) is 5.75 Å². The third-order valence-corrected chi connectivity index (χ3v) is 3.37. The number of phenolic OH excluding ortho intramolecular Hbond substituents is 1. The molecule has 1 saturated heterocycles. The second kappa shape index (κ2) is 6.61. The van der Waals surface area contributed by atoms with Crippen LogP contribution in [0.1, 0.15) is 23.2 Å². The summed E-state index contributed by atoms with van der Waals surface area (Å²) in [6.07, 6.45) is 1.91. The first-order valence-corrected chi connectivity index (χ1v) is 5.99. The number of carbonyl (C=O) groups is 1. The zero-order valence-corrected chi connectivity index (χ0v) is 11.0. The molecule has 100 valence electrons. The van der Waals surface area contributed by atoms with Crippen LogP contribution in [0.15, 0.2) is 24.3 Å². The van der Waals surface area contributed by atoms with Gasteiger partial charge >= 0.3 is 0 Å². The molecule has 3 N–H and O–H groups in total. The lowest BCUT2D eigenvalue weighted by molar-refractivity contribution is 0.0690. The minimum Gasteiger partial charge on any atom is -0.507 e. The molecule has 0 bridgehead atoms. The van der Waals surface area contributed by atoms with Gasteiger partial charge in [-0.05, 0) is 37.4 Å². The van der Waals surface area contributed by atoms with E-state index in [0.717, 1.165) is 25.9 Å². The van der Waals surface area contributed by atoms with Gasteiger partial charge < -0.3 is 15.7 Å². The number of halogens is 1. The summed E-state index contributed by atoms with van der Waals surface area (Å²) in [6, 6.07) is 6.68. The molecule has 18 heavy (non-hydrogen) atoms. The predicted molar refractivity (Wildman–Crippen MR) is 73.0 cm³/mol. The van der Waals surface area contributed by atoms with E-state index in [9.17, 15) is 9.90 Å². The summed E-state index contributed by atoms with van der Waals surface area (Å²) in [4.78, 5) is 13.9. The molecule has 1 aromatic rings. The third kappa shape index (κ3) is 3.15. The maximum Gasteiger partial charge on any atom is 0.257 e. The smallest absolute Gasteiger partial charge is 0.257 e. The Morgan fingerprint density at radius 3 is 2.50 bits per heavy atom. The Labute approximate surface area is 113 Å². The van der Waals surface area contributed by atoms with Gasteiger partial charge in [-0.3, -0.25) is 4.79 Å². The highest BCUT2D eigenvalue weighted by atomic mass is 35.5. The van der Waals surface area contributed by atoms with Crippen LogP contribution in [0.5, 0.6) is 5.75 Å². The van der Waals surface area contributed by atoms with Crippen LogP contribution in [0.3, 0.4) is 0 Å². The van der Waals surface area contributed by atoms with Gasteiger partial charge in [0.05, 0.1) is 5.56 Å². The lowest BCUT2D eigenvalue weighted by Crippen LogP contribution is -2.40. The number of likely N-dealkylation sites (tertiary alicyclic amines) is 1. The molecule has 1 heterocycles. The van der Waals surface area contributed by atoms with Gasteiger partial charge in [0, 0.05) is 13.1 Å². The van der Waals surface area contributed by atoms with Crippen molar-refractivity contribution < 1.29 is 9.90 Å². The number of hydrogen-bond donors (Lipinski definition) is 2. The second-order valence-electron chi connectivity index (χ2n) is 4.49. The van der Waals surface area contributed by atoms with Gasteiger partial charge in [0.25, 0.3) is 5.91 Å². The molecule has 1 fully saturated rings. The summed E-state index contributed by atoms with van der Waals surface area (Å²) in [5.74, 6) is 0.500. The fourth-order valence-corrected chi connectivity index (χ4v) is 2.20. The monoisotopic (exact) mass is 270 g/mol. The average molecular weight is 271 g/mol. The topological polar surface area (TPSA) is 66.6 Å². The van der Waals surface area contributed by atoms with Crippen molar-refractivity contribution in [2.24, 2.45) is 11.7 Å². The van der Waals surface area contributed by atoms with Crippen LogP contribution < -0.4 is 5.73 Å². The maximum absolute atomic E-state index is 12.2. The Kier molecular flexibility index (Phi) is 5.44. The van der Waals surface area contributed by atoms with Crippen molar-refractivity contribution in [1.29, 1.82) is 0 Å². The first-order chi connectivity index (χ1) is 8.22. The fourth-order valence-electron chi connectivity index (χ4n) is 2.20. The van der Waals surface area contributed by atoms with Gasteiger partial charge in [0.15, 0.2) is 0 Å². The van der Waals surface area contributed by atoms with Crippen LogP contribution in [0.25, 0.3) is 0 Å². The van der Waals surface area contributed by atoms with E-state index in [-0.39, 0.29) is 24.1 Å². The molecule has 2 rings (SSSR count). The van der Waals surface area contributed by atoms with Crippen molar-refractivity contribution in [2.45, 2.75) is 12.8 Å². The molecule has 1 aliphatic rings. The van der Waals surface area contributed by atoms with Crippen molar-refractivity contribution in [2.75, 3.05) is 19.6 Å². The van der Waals surface area contributed by atoms with Gasteiger partial charge in [-0.1, -0.05) is 12.1 Å². The second-order valence-corrected chi connectivity index (χ2v) is 4.49. The highest BCUT2D eigenvalue weighted by Gasteiger charge is 2.24. The highest BCUT2D eigenvalue weighted by Crippen LogP contribution is 2.22. The predicted octanol–water partition coefficient (Wildman–Crippen LogP) is 1.62. The van der Waals surface area contributed by atoms with Gasteiger partial charge in [-0.25, -0.2) is 0 Å². The Hall–Kier alpha value is -1.26. The number of carbonyl (C=O) groups excluding carboxylic acids is 1. The number of nitrogens with two attached hydrogens (primary N) is 1.